The van der Waals surface area contributed by atoms with Crippen LogP contribution in [0.25, 0.3) is 16.5 Å². The van der Waals surface area contributed by atoms with Gasteiger partial charge in [0.2, 0.25) is 0 Å². The van der Waals surface area contributed by atoms with Crippen molar-refractivity contribution in [2.45, 2.75) is 13.8 Å². The van der Waals surface area contributed by atoms with E-state index in [0.717, 1.165) is 43.2 Å². The number of nitrogens with zero attached hydrogens (tertiary/aromatic N) is 3. The highest BCUT2D eigenvalue weighted by Gasteiger charge is 2.16. The minimum atomic E-state index is 0.664. The van der Waals surface area contributed by atoms with Gasteiger partial charge in [-0.15, -0.1) is 0 Å². The predicted molar refractivity (Wildman–Crippen MR) is 112 cm³/mol. The Kier molecular flexibility index (Phi) is 5.68. The van der Waals surface area contributed by atoms with Crippen molar-refractivity contribution in [3.05, 3.63) is 42.0 Å². The smallest absolute Gasteiger partial charge is 0.125 e. The maximum Gasteiger partial charge on any atom is 0.125 e. The van der Waals surface area contributed by atoms with Gasteiger partial charge in [-0.25, -0.2) is 9.98 Å². The van der Waals surface area contributed by atoms with Crippen LogP contribution >= 0.6 is 0 Å². The Labute approximate surface area is 155 Å². The second-order valence-corrected chi connectivity index (χ2v) is 6.31. The lowest BCUT2D eigenvalue weighted by atomic mass is 10.0. The van der Waals surface area contributed by atoms with Gasteiger partial charge in [0.25, 0.3) is 0 Å². The van der Waals surface area contributed by atoms with E-state index in [0.29, 0.717) is 5.84 Å². The van der Waals surface area contributed by atoms with Gasteiger partial charge >= 0.3 is 0 Å². The van der Waals surface area contributed by atoms with Crippen LogP contribution in [0.15, 0.2) is 46.4 Å². The Morgan fingerprint density at radius 3 is 2.65 bits per heavy atom. The summed E-state index contributed by atoms with van der Waals surface area (Å²) in [5.41, 5.74) is 3.21. The molecule has 1 aliphatic heterocycles. The minimum absolute atomic E-state index is 0.664. The van der Waals surface area contributed by atoms with E-state index >= 15 is 0 Å². The first kappa shape index (κ1) is 18.1. The van der Waals surface area contributed by atoms with Crippen molar-refractivity contribution in [2.24, 2.45) is 9.98 Å². The summed E-state index contributed by atoms with van der Waals surface area (Å²) in [5.74, 6) is 1.54. The summed E-state index contributed by atoms with van der Waals surface area (Å²) < 4.78 is 5.45. The van der Waals surface area contributed by atoms with Gasteiger partial charge in [-0.2, -0.15) is 0 Å². The van der Waals surface area contributed by atoms with E-state index in [1.54, 1.807) is 7.11 Å². The molecule has 0 saturated carbocycles. The average Bonchev–Trinajstić information content (AvgIpc) is 2.71. The Morgan fingerprint density at radius 1 is 1.23 bits per heavy atom. The third kappa shape index (κ3) is 3.78. The van der Waals surface area contributed by atoms with E-state index in [2.05, 4.69) is 51.2 Å². The molecule has 0 aromatic heterocycles. The summed E-state index contributed by atoms with van der Waals surface area (Å²) in [6.07, 6.45) is 2.01. The highest BCUT2D eigenvalue weighted by atomic mass is 16.5. The second kappa shape index (κ2) is 8.15. The molecule has 0 atom stereocenters. The molecule has 2 aromatic carbocycles. The number of nitrogens with one attached hydrogen (secondary N) is 1. The highest BCUT2D eigenvalue weighted by molar-refractivity contribution is 5.99. The normalized spacial score (nSPS) is 16.0. The summed E-state index contributed by atoms with van der Waals surface area (Å²) in [4.78, 5) is 11.0. The number of amidine groups is 1. The summed E-state index contributed by atoms with van der Waals surface area (Å²) in [5, 5.41) is 5.80. The summed E-state index contributed by atoms with van der Waals surface area (Å²) >= 11 is 0. The van der Waals surface area contributed by atoms with Crippen molar-refractivity contribution in [1.29, 1.82) is 0 Å². The first-order chi connectivity index (χ1) is 12.7. The third-order valence-electron chi connectivity index (χ3n) is 4.68. The first-order valence-electron chi connectivity index (χ1n) is 8.92. The van der Waals surface area contributed by atoms with Gasteiger partial charge in [0, 0.05) is 42.8 Å². The largest absolute Gasteiger partial charge is 0.497 e. The Morgan fingerprint density at radius 2 is 2.00 bits per heavy atom. The Bertz CT molecular complexity index is 864. The van der Waals surface area contributed by atoms with E-state index in [-0.39, 0.29) is 0 Å². The number of methoxy groups -OCH3 is 1. The van der Waals surface area contributed by atoms with Gasteiger partial charge in [0.1, 0.15) is 11.6 Å². The summed E-state index contributed by atoms with van der Waals surface area (Å²) in [7, 11) is 1.71. The molecule has 5 heteroatoms. The monoisotopic (exact) mass is 350 g/mol. The lowest BCUT2D eigenvalue weighted by Gasteiger charge is -2.31. The number of aliphatic imine (C=N–C) groups is 2. The lowest BCUT2D eigenvalue weighted by molar-refractivity contribution is 0.415. The third-order valence-corrected chi connectivity index (χ3v) is 4.68. The van der Waals surface area contributed by atoms with Crippen LogP contribution in [0.2, 0.25) is 0 Å². The molecule has 1 saturated heterocycles. The molecule has 1 aliphatic rings. The van der Waals surface area contributed by atoms with Gasteiger partial charge in [-0.05, 0) is 50.2 Å². The number of piperazine rings is 1. The summed E-state index contributed by atoms with van der Waals surface area (Å²) in [6, 6.07) is 10.6. The first-order valence-corrected chi connectivity index (χ1v) is 8.92. The van der Waals surface area contributed by atoms with Crippen LogP contribution in [0.4, 0.5) is 5.69 Å². The van der Waals surface area contributed by atoms with E-state index in [9.17, 15) is 0 Å². The van der Waals surface area contributed by atoms with E-state index in [1.165, 1.54) is 16.5 Å². The van der Waals surface area contributed by atoms with Crippen LogP contribution in [0.1, 0.15) is 19.4 Å². The molecule has 0 amide bonds. The molecular weight excluding hydrogens is 324 g/mol. The summed E-state index contributed by atoms with van der Waals surface area (Å²) in [6.45, 7) is 11.4. The highest BCUT2D eigenvalue weighted by Crippen LogP contribution is 2.34. The molecule has 0 aliphatic carbocycles. The number of hydrogen-bond acceptors (Lipinski definition) is 4. The molecule has 1 heterocycles. The van der Waals surface area contributed by atoms with Gasteiger partial charge < -0.3 is 15.0 Å². The minimum Gasteiger partial charge on any atom is -0.497 e. The average molecular weight is 350 g/mol. The number of allylic oxidation sites excluding steroid dienone is 1. The lowest BCUT2D eigenvalue weighted by Crippen LogP contribution is -2.43. The number of fused-ring (bicyclic) bond motifs is 1. The zero-order valence-corrected chi connectivity index (χ0v) is 15.7. The predicted octanol–water partition coefficient (Wildman–Crippen LogP) is 3.74. The van der Waals surface area contributed by atoms with Crippen molar-refractivity contribution in [3.63, 3.8) is 0 Å². The Balaban J connectivity index is 2.18. The van der Waals surface area contributed by atoms with Gasteiger partial charge in [0.05, 0.1) is 12.8 Å². The maximum atomic E-state index is 5.45. The van der Waals surface area contributed by atoms with Crippen molar-refractivity contribution in [2.75, 3.05) is 38.2 Å². The van der Waals surface area contributed by atoms with E-state index in [4.69, 9.17) is 4.74 Å². The molecule has 0 bridgehead atoms. The van der Waals surface area contributed by atoms with Crippen LogP contribution in [-0.4, -0.2) is 45.8 Å². The number of rotatable bonds is 4. The maximum absolute atomic E-state index is 5.45. The fourth-order valence-corrected chi connectivity index (χ4v) is 3.26. The van der Waals surface area contributed by atoms with E-state index in [1.807, 2.05) is 26.0 Å². The van der Waals surface area contributed by atoms with Crippen LogP contribution < -0.4 is 15.0 Å². The topological polar surface area (TPSA) is 49.2 Å². The van der Waals surface area contributed by atoms with Gasteiger partial charge in [-0.1, -0.05) is 12.1 Å². The van der Waals surface area contributed by atoms with Gasteiger partial charge in [0.15, 0.2) is 0 Å². The van der Waals surface area contributed by atoms with Crippen molar-refractivity contribution < 1.29 is 4.74 Å². The fourth-order valence-electron chi connectivity index (χ4n) is 3.26. The molecule has 0 unspecified atom stereocenters. The molecule has 0 radical (unpaired) electrons. The number of ether oxygens (including phenoxy) is 1. The van der Waals surface area contributed by atoms with Crippen LogP contribution in [-0.2, 0) is 0 Å². The Hall–Kier alpha value is -2.66. The van der Waals surface area contributed by atoms with Crippen LogP contribution in [0, 0.1) is 0 Å². The molecule has 2 aromatic rings. The van der Waals surface area contributed by atoms with E-state index < -0.39 is 0 Å². The second-order valence-electron chi connectivity index (χ2n) is 6.31. The standard InChI is InChI=1S/C21H26N4O/c1-5-20(24-15(2)22-3)17-12-16-6-7-18(26-4)14-19(16)21(13-17)25-10-8-23-9-11-25/h5-7,12-14,23H,3,8-11H2,1-2,4H3/b20-5-,24-15?. The SMILES string of the molecule is C=NC(C)=N/C(=C\C)c1cc(N2CCNCC2)c2cc(OC)ccc2c1. The molecule has 26 heavy (non-hydrogen) atoms. The van der Waals surface area contributed by atoms with Crippen molar-refractivity contribution >= 4 is 34.7 Å². The van der Waals surface area contributed by atoms with Crippen LogP contribution in [0.3, 0.4) is 0 Å². The fraction of sp³-hybridized carbons (Fsp3) is 0.333. The molecule has 1 fully saturated rings. The molecule has 1 N–H and O–H groups in total. The quantitative estimate of drug-likeness (QED) is 0.675. The molecule has 0 spiro atoms. The zero-order valence-electron chi connectivity index (χ0n) is 15.7. The van der Waals surface area contributed by atoms with Crippen molar-refractivity contribution in [3.8, 4) is 5.75 Å². The zero-order chi connectivity index (χ0) is 18.5. The van der Waals surface area contributed by atoms with Gasteiger partial charge in [-0.3, -0.25) is 0 Å². The molecule has 3 rings (SSSR count). The molecule has 5 nitrogen and oxygen atoms in total. The van der Waals surface area contributed by atoms with Crippen molar-refractivity contribution in [1.82, 2.24) is 5.32 Å². The number of anilines is 1. The molecular formula is C21H26N4O. The molecule has 136 valence electrons. The number of hydrogen-bond donors (Lipinski definition) is 1. The van der Waals surface area contributed by atoms with Crippen LogP contribution in [0.5, 0.6) is 5.75 Å². The number of benzene rings is 2.